The summed E-state index contributed by atoms with van der Waals surface area (Å²) in [5, 5.41) is 18.8. The molecule has 2 aliphatic carbocycles. The van der Waals surface area contributed by atoms with Crippen molar-refractivity contribution < 1.29 is 38.5 Å². The number of rotatable bonds is 10. The van der Waals surface area contributed by atoms with Gasteiger partial charge in [0, 0.05) is 19.4 Å². The number of cyclic esters (lactones) is 1. The third-order valence-electron chi connectivity index (χ3n) is 10.6. The molecule has 0 saturated heterocycles. The number of hydrogen-bond donors (Lipinski definition) is 4. The van der Waals surface area contributed by atoms with Gasteiger partial charge >= 0.3 is 12.1 Å². The van der Waals surface area contributed by atoms with Crippen molar-refractivity contribution in [3.8, 4) is 11.1 Å². The number of methoxy groups -OCH3 is 1. The lowest BCUT2D eigenvalue weighted by atomic mass is 9.94. The number of aliphatic hydroxyl groups is 1. The number of hydrogen-bond acceptors (Lipinski definition) is 8. The van der Waals surface area contributed by atoms with Gasteiger partial charge in [0.05, 0.1) is 30.7 Å². The van der Waals surface area contributed by atoms with Gasteiger partial charge in [-0.1, -0.05) is 104 Å². The summed E-state index contributed by atoms with van der Waals surface area (Å²) in [7, 11) is 1.49. The Morgan fingerprint density at radius 3 is 2.23 bits per heavy atom. The van der Waals surface area contributed by atoms with Gasteiger partial charge in [-0.15, -0.1) is 0 Å². The number of allylic oxidation sites excluding steroid dienone is 2. The minimum absolute atomic E-state index is 0.00539. The van der Waals surface area contributed by atoms with Crippen molar-refractivity contribution in [2.75, 3.05) is 26.9 Å². The third kappa shape index (κ3) is 9.15. The first-order chi connectivity index (χ1) is 25.8. The van der Waals surface area contributed by atoms with Gasteiger partial charge in [-0.3, -0.25) is 9.59 Å². The van der Waals surface area contributed by atoms with Crippen LogP contribution in [0.4, 0.5) is 4.79 Å². The number of ether oxygens (including phenoxy) is 3. The number of aliphatic hydroxyl groups excluding tert-OH is 1. The van der Waals surface area contributed by atoms with Gasteiger partial charge in [0.2, 0.25) is 11.8 Å². The first-order valence-corrected chi connectivity index (χ1v) is 18.5. The standard InChI is InChI=1S/C42H49N3O8/c1-51-26-36-38(28-14-4-2-5-15-28)53-40(49)35(44-41(50)52-25-34-32-19-10-8-17-30(32)31-18-9-11-20-33(31)34)21-7-3-6-16-29(39(48)43-36)24-37(47)45-42(27-46)22-12-13-23-42/h2-6,8-11,14-15,17-20,29,34-36,38,46H,7,12-13,16,21-27H2,1H3,(H,43,48)(H,44,50)(H,45,47)/t29-,35+,36+,38+/m1/s1. The highest BCUT2D eigenvalue weighted by Gasteiger charge is 2.37. The first kappa shape index (κ1) is 37.7. The van der Waals surface area contributed by atoms with Crippen LogP contribution in [0.25, 0.3) is 11.1 Å². The molecule has 1 heterocycles. The van der Waals surface area contributed by atoms with Crippen molar-refractivity contribution >= 4 is 23.9 Å². The van der Waals surface area contributed by atoms with E-state index in [1.54, 1.807) is 24.3 Å². The highest BCUT2D eigenvalue weighted by Crippen LogP contribution is 2.44. The molecule has 11 nitrogen and oxygen atoms in total. The van der Waals surface area contributed by atoms with Crippen molar-refractivity contribution in [3.05, 3.63) is 108 Å². The molecule has 0 unspecified atom stereocenters. The summed E-state index contributed by atoms with van der Waals surface area (Å²) in [4.78, 5) is 54.5. The van der Waals surface area contributed by atoms with Gasteiger partial charge in [-0.2, -0.15) is 0 Å². The van der Waals surface area contributed by atoms with Crippen LogP contribution >= 0.6 is 0 Å². The van der Waals surface area contributed by atoms with E-state index in [-0.39, 0.29) is 56.8 Å². The molecule has 0 radical (unpaired) electrons. The minimum atomic E-state index is -1.05. The topological polar surface area (TPSA) is 152 Å². The molecule has 3 aromatic rings. The second-order valence-electron chi connectivity index (χ2n) is 14.2. The summed E-state index contributed by atoms with van der Waals surface area (Å²) < 4.78 is 17.4. The Morgan fingerprint density at radius 2 is 1.57 bits per heavy atom. The van der Waals surface area contributed by atoms with Crippen LogP contribution in [0.15, 0.2) is 91.0 Å². The second kappa shape index (κ2) is 17.7. The third-order valence-corrected chi connectivity index (χ3v) is 10.6. The van der Waals surface area contributed by atoms with Gasteiger partial charge in [-0.25, -0.2) is 9.59 Å². The summed E-state index contributed by atoms with van der Waals surface area (Å²) in [5.74, 6) is -2.25. The van der Waals surface area contributed by atoms with Crippen LogP contribution in [0.5, 0.6) is 0 Å². The van der Waals surface area contributed by atoms with Crippen LogP contribution < -0.4 is 16.0 Å². The quantitative estimate of drug-likeness (QED) is 0.159. The molecule has 3 amide bonds. The van der Waals surface area contributed by atoms with Crippen molar-refractivity contribution in [3.63, 3.8) is 0 Å². The normalized spacial score (nSPS) is 22.9. The largest absolute Gasteiger partial charge is 0.454 e. The smallest absolute Gasteiger partial charge is 0.407 e. The van der Waals surface area contributed by atoms with Crippen LogP contribution in [-0.4, -0.2) is 73.5 Å². The van der Waals surface area contributed by atoms with Gasteiger partial charge < -0.3 is 35.3 Å². The molecule has 0 spiro atoms. The second-order valence-corrected chi connectivity index (χ2v) is 14.2. The molecule has 280 valence electrons. The molecule has 1 aliphatic heterocycles. The number of amides is 3. The first-order valence-electron chi connectivity index (χ1n) is 18.5. The minimum Gasteiger partial charge on any atom is -0.454 e. The Labute approximate surface area is 310 Å². The number of esters is 1. The van der Waals surface area contributed by atoms with E-state index in [9.17, 15) is 24.3 Å². The van der Waals surface area contributed by atoms with E-state index in [0.717, 1.165) is 35.1 Å². The van der Waals surface area contributed by atoms with Crippen molar-refractivity contribution in [2.24, 2.45) is 5.92 Å². The number of carbonyl (C=O) groups excluding carboxylic acids is 4. The maximum Gasteiger partial charge on any atom is 0.407 e. The highest BCUT2D eigenvalue weighted by molar-refractivity contribution is 5.87. The zero-order valence-corrected chi connectivity index (χ0v) is 30.1. The molecule has 1 fully saturated rings. The van der Waals surface area contributed by atoms with Gasteiger partial charge in [0.1, 0.15) is 18.8 Å². The lowest BCUT2D eigenvalue weighted by molar-refractivity contribution is -0.155. The molecule has 4 N–H and O–H groups in total. The molecule has 53 heavy (non-hydrogen) atoms. The number of carbonyl (C=O) groups is 4. The molecule has 6 rings (SSSR count). The molecule has 4 atom stereocenters. The Kier molecular flexibility index (Phi) is 12.6. The Morgan fingerprint density at radius 1 is 0.906 bits per heavy atom. The molecule has 3 aromatic carbocycles. The Balaban J connectivity index is 1.19. The highest BCUT2D eigenvalue weighted by atomic mass is 16.6. The lowest BCUT2D eigenvalue weighted by Crippen LogP contribution is -2.51. The summed E-state index contributed by atoms with van der Waals surface area (Å²) in [6.07, 6.45) is 5.94. The number of fused-ring (bicyclic) bond motifs is 3. The fourth-order valence-electron chi connectivity index (χ4n) is 7.82. The molecular weight excluding hydrogens is 674 g/mol. The lowest BCUT2D eigenvalue weighted by Gasteiger charge is -2.31. The van der Waals surface area contributed by atoms with Gasteiger partial charge in [0.25, 0.3) is 0 Å². The van der Waals surface area contributed by atoms with E-state index < -0.39 is 41.7 Å². The van der Waals surface area contributed by atoms with Crippen LogP contribution in [0.1, 0.15) is 80.1 Å². The fraction of sp³-hybridized carbons (Fsp3) is 0.429. The monoisotopic (exact) mass is 723 g/mol. The fourth-order valence-corrected chi connectivity index (χ4v) is 7.82. The van der Waals surface area contributed by atoms with E-state index in [0.29, 0.717) is 24.8 Å². The molecule has 0 aromatic heterocycles. The molecule has 11 heteroatoms. The van der Waals surface area contributed by atoms with Crippen LogP contribution in [-0.2, 0) is 28.6 Å². The predicted molar refractivity (Wildman–Crippen MR) is 199 cm³/mol. The number of alkyl carbamates (subject to hydrolysis) is 1. The van der Waals surface area contributed by atoms with Crippen LogP contribution in [0.2, 0.25) is 0 Å². The molecule has 1 saturated carbocycles. The summed E-state index contributed by atoms with van der Waals surface area (Å²) in [6, 6.07) is 23.3. The van der Waals surface area contributed by atoms with E-state index in [2.05, 4.69) is 28.1 Å². The van der Waals surface area contributed by atoms with Crippen molar-refractivity contribution in [1.82, 2.24) is 16.0 Å². The zero-order valence-electron chi connectivity index (χ0n) is 30.1. The van der Waals surface area contributed by atoms with E-state index in [1.165, 1.54) is 7.11 Å². The van der Waals surface area contributed by atoms with Gasteiger partial charge in [0.15, 0.2) is 0 Å². The SMILES string of the molecule is COC[C@@H]1NC(=O)[C@@H](CC(=O)NC2(CO)CCCC2)CC=CCC[C@H](NC(=O)OCC2c3ccccc3-c3ccccc32)C(=O)O[C@H]1c1ccccc1. The Hall–Kier alpha value is -5.00. The van der Waals surface area contributed by atoms with E-state index in [4.69, 9.17) is 14.2 Å². The van der Waals surface area contributed by atoms with E-state index >= 15 is 0 Å². The molecule has 3 aliphatic rings. The maximum atomic E-state index is 13.9. The predicted octanol–water partition coefficient (Wildman–Crippen LogP) is 5.48. The van der Waals surface area contributed by atoms with Crippen molar-refractivity contribution in [2.45, 2.75) is 81.0 Å². The van der Waals surface area contributed by atoms with Crippen LogP contribution in [0.3, 0.4) is 0 Å². The Bertz CT molecular complexity index is 1730. The average molecular weight is 724 g/mol. The van der Waals surface area contributed by atoms with Crippen molar-refractivity contribution in [1.29, 1.82) is 0 Å². The molecule has 0 bridgehead atoms. The summed E-state index contributed by atoms with van der Waals surface area (Å²) in [6.45, 7) is -0.0588. The summed E-state index contributed by atoms with van der Waals surface area (Å²) in [5.41, 5.74) is 4.33. The van der Waals surface area contributed by atoms with E-state index in [1.807, 2.05) is 54.6 Å². The van der Waals surface area contributed by atoms with Crippen LogP contribution in [0, 0.1) is 5.92 Å². The average Bonchev–Trinajstić information content (AvgIpc) is 3.77. The number of nitrogens with one attached hydrogen (secondary N) is 3. The molecular formula is C42H49N3O8. The van der Waals surface area contributed by atoms with Gasteiger partial charge in [-0.05, 0) is 59.9 Å². The zero-order chi connectivity index (χ0) is 37.2. The number of benzene rings is 3. The maximum absolute atomic E-state index is 13.9. The summed E-state index contributed by atoms with van der Waals surface area (Å²) >= 11 is 0.